The van der Waals surface area contributed by atoms with Gasteiger partial charge in [0.2, 0.25) is 5.91 Å². The minimum Gasteiger partial charge on any atom is -0.383 e. The van der Waals surface area contributed by atoms with Crippen molar-refractivity contribution in [2.45, 2.75) is 23.7 Å². The van der Waals surface area contributed by atoms with Crippen LogP contribution in [0.15, 0.2) is 35.4 Å². The van der Waals surface area contributed by atoms with Gasteiger partial charge in [-0.1, -0.05) is 41.6 Å². The lowest BCUT2D eigenvalue weighted by atomic mass is 10.2. The van der Waals surface area contributed by atoms with Crippen LogP contribution in [0.3, 0.4) is 0 Å². The Morgan fingerprint density at radius 1 is 1.36 bits per heavy atom. The van der Waals surface area contributed by atoms with Gasteiger partial charge in [0.25, 0.3) is 0 Å². The Morgan fingerprint density at radius 3 is 2.68 bits per heavy atom. The Labute approximate surface area is 154 Å². The lowest BCUT2D eigenvalue weighted by molar-refractivity contribution is -0.120. The molecule has 0 aliphatic heterocycles. The second kappa shape index (κ2) is 8.39. The summed E-state index contributed by atoms with van der Waals surface area (Å²) in [5.74, 6) is -0.189. The van der Waals surface area contributed by atoms with E-state index in [4.69, 9.17) is 22.6 Å². The van der Waals surface area contributed by atoms with Crippen LogP contribution in [0.4, 0.5) is 5.82 Å². The van der Waals surface area contributed by atoms with Gasteiger partial charge in [-0.05, 0) is 24.6 Å². The minimum absolute atomic E-state index is 0.0349. The van der Waals surface area contributed by atoms with Crippen molar-refractivity contribution in [3.63, 3.8) is 0 Å². The molecule has 0 spiro atoms. The highest BCUT2D eigenvalue weighted by atomic mass is 35.5. The van der Waals surface area contributed by atoms with Gasteiger partial charge >= 0.3 is 0 Å². The summed E-state index contributed by atoms with van der Waals surface area (Å²) in [5, 5.41) is 21.3. The fourth-order valence-corrected chi connectivity index (χ4v) is 3.07. The van der Waals surface area contributed by atoms with Gasteiger partial charge in [0.15, 0.2) is 0 Å². The molecular weight excluding hydrogens is 358 g/mol. The summed E-state index contributed by atoms with van der Waals surface area (Å²) in [7, 11) is 0. The highest BCUT2D eigenvalue weighted by molar-refractivity contribution is 8.00. The van der Waals surface area contributed by atoms with Crippen molar-refractivity contribution in [2.75, 3.05) is 5.73 Å². The van der Waals surface area contributed by atoms with E-state index in [0.717, 1.165) is 17.3 Å². The van der Waals surface area contributed by atoms with E-state index in [-0.39, 0.29) is 22.9 Å². The van der Waals surface area contributed by atoms with Crippen LogP contribution < -0.4 is 11.1 Å². The first-order valence-corrected chi connectivity index (χ1v) is 8.50. The first kappa shape index (κ1) is 18.6. The number of hydrogen-bond donors (Lipinski definition) is 2. The molecule has 1 aromatic heterocycles. The molecule has 0 fully saturated rings. The number of thioether (sulfide) groups is 1. The monoisotopic (exact) mass is 371 g/mol. The van der Waals surface area contributed by atoms with Crippen LogP contribution >= 0.6 is 23.4 Å². The quantitative estimate of drug-likeness (QED) is 0.780. The first-order valence-electron chi connectivity index (χ1n) is 7.24. The zero-order valence-electron chi connectivity index (χ0n) is 13.3. The van der Waals surface area contributed by atoms with Crippen molar-refractivity contribution in [3.8, 4) is 12.1 Å². The Hall–Kier alpha value is -2.74. The number of amides is 1. The summed E-state index contributed by atoms with van der Waals surface area (Å²) in [4.78, 5) is 16.3. The lowest BCUT2D eigenvalue weighted by Crippen LogP contribution is -2.30. The Kier molecular flexibility index (Phi) is 6.24. The predicted molar refractivity (Wildman–Crippen MR) is 96.7 cm³/mol. The zero-order chi connectivity index (χ0) is 18.4. The summed E-state index contributed by atoms with van der Waals surface area (Å²) in [6, 6.07) is 12.5. The maximum Gasteiger partial charge on any atom is 0.233 e. The molecule has 25 heavy (non-hydrogen) atoms. The van der Waals surface area contributed by atoms with Crippen molar-refractivity contribution < 1.29 is 4.79 Å². The molecule has 0 unspecified atom stereocenters. The van der Waals surface area contributed by atoms with E-state index in [1.54, 1.807) is 13.0 Å². The summed E-state index contributed by atoms with van der Waals surface area (Å²) in [5.41, 5.74) is 6.85. The van der Waals surface area contributed by atoms with Crippen LogP contribution in [-0.4, -0.2) is 16.1 Å². The molecule has 2 aromatic rings. The van der Waals surface area contributed by atoms with E-state index in [9.17, 15) is 10.1 Å². The Balaban J connectivity index is 2.07. The molecule has 0 radical (unpaired) electrons. The van der Waals surface area contributed by atoms with Crippen molar-refractivity contribution in [3.05, 3.63) is 52.0 Å². The van der Waals surface area contributed by atoms with Gasteiger partial charge in [-0.2, -0.15) is 10.5 Å². The van der Waals surface area contributed by atoms with Crippen molar-refractivity contribution in [1.29, 1.82) is 10.5 Å². The number of hydrogen-bond acceptors (Lipinski definition) is 6. The van der Waals surface area contributed by atoms with Gasteiger partial charge in [-0.15, -0.1) is 0 Å². The van der Waals surface area contributed by atoms with Crippen LogP contribution in [0.2, 0.25) is 5.02 Å². The number of anilines is 1. The molecule has 0 saturated heterocycles. The Morgan fingerprint density at radius 2 is 2.04 bits per heavy atom. The largest absolute Gasteiger partial charge is 0.383 e. The number of pyridine rings is 1. The molecule has 3 N–H and O–H groups in total. The number of aromatic nitrogens is 1. The molecule has 1 atom stereocenters. The summed E-state index contributed by atoms with van der Waals surface area (Å²) in [6.07, 6.45) is 0. The number of nitrogen functional groups attached to an aromatic ring is 1. The fraction of sp³-hybridized carbons (Fsp3) is 0.176. The van der Waals surface area contributed by atoms with Crippen molar-refractivity contribution in [1.82, 2.24) is 10.3 Å². The van der Waals surface area contributed by atoms with Crippen LogP contribution in [0.5, 0.6) is 0 Å². The average molecular weight is 372 g/mol. The molecule has 0 aliphatic rings. The van der Waals surface area contributed by atoms with Gasteiger partial charge in [0.05, 0.1) is 16.4 Å². The average Bonchev–Trinajstić information content (AvgIpc) is 2.61. The van der Waals surface area contributed by atoms with Crippen molar-refractivity contribution in [2.24, 2.45) is 0 Å². The van der Waals surface area contributed by atoms with Crippen molar-refractivity contribution >= 4 is 35.1 Å². The molecule has 0 bridgehead atoms. The SMILES string of the molecule is C[C@@H](Sc1nc(N)c(C#N)cc1C#N)C(=O)NCc1ccccc1Cl. The molecule has 8 heteroatoms. The highest BCUT2D eigenvalue weighted by Crippen LogP contribution is 2.27. The number of nitrogens with zero attached hydrogens (tertiary/aromatic N) is 3. The Bertz CT molecular complexity index is 888. The van der Waals surface area contributed by atoms with Crippen LogP contribution in [0.25, 0.3) is 0 Å². The van der Waals surface area contributed by atoms with E-state index in [1.165, 1.54) is 6.07 Å². The van der Waals surface area contributed by atoms with Gasteiger partial charge in [-0.3, -0.25) is 4.79 Å². The van der Waals surface area contributed by atoms with Crippen LogP contribution in [0, 0.1) is 22.7 Å². The van der Waals surface area contributed by atoms with Gasteiger partial charge in [-0.25, -0.2) is 4.98 Å². The summed E-state index contributed by atoms with van der Waals surface area (Å²) in [6.45, 7) is 2.00. The maximum atomic E-state index is 12.3. The van der Waals surface area contributed by atoms with Gasteiger partial charge in [0.1, 0.15) is 23.0 Å². The number of nitrogens with one attached hydrogen (secondary N) is 1. The second-order valence-electron chi connectivity index (χ2n) is 5.07. The molecule has 0 aliphatic carbocycles. The lowest BCUT2D eigenvalue weighted by Gasteiger charge is -2.13. The van der Waals surface area contributed by atoms with Crippen LogP contribution in [-0.2, 0) is 11.3 Å². The third kappa shape index (κ3) is 4.63. The molecule has 1 aromatic carbocycles. The molecule has 1 heterocycles. The number of carbonyl (C=O) groups excluding carboxylic acids is 1. The normalized spacial score (nSPS) is 11.2. The highest BCUT2D eigenvalue weighted by Gasteiger charge is 2.19. The first-order chi connectivity index (χ1) is 12.0. The van der Waals surface area contributed by atoms with E-state index in [1.807, 2.05) is 30.3 Å². The molecule has 6 nitrogen and oxygen atoms in total. The summed E-state index contributed by atoms with van der Waals surface area (Å²) >= 11 is 7.17. The van der Waals surface area contributed by atoms with Crippen LogP contribution in [0.1, 0.15) is 23.6 Å². The number of benzene rings is 1. The number of nitrogens with two attached hydrogens (primary N) is 1. The second-order valence-corrected chi connectivity index (χ2v) is 6.80. The minimum atomic E-state index is -0.505. The summed E-state index contributed by atoms with van der Waals surface area (Å²) < 4.78 is 0. The number of nitriles is 2. The maximum absolute atomic E-state index is 12.3. The predicted octanol–water partition coefficient (Wildman–Crippen LogP) is 2.86. The topological polar surface area (TPSA) is 116 Å². The number of rotatable bonds is 5. The molecule has 126 valence electrons. The number of carbonyl (C=O) groups is 1. The van der Waals surface area contributed by atoms with Gasteiger partial charge < -0.3 is 11.1 Å². The van der Waals surface area contributed by atoms with Gasteiger partial charge in [0, 0.05) is 11.6 Å². The molecule has 0 saturated carbocycles. The van der Waals surface area contributed by atoms with E-state index >= 15 is 0 Å². The molecular formula is C17H14ClN5OS. The standard InChI is InChI=1S/C17H14ClN5OS/c1-10(16(24)22-9-11-4-2-3-5-14(11)18)25-17-13(8-20)6-12(7-19)15(21)23-17/h2-6,10H,9H2,1H3,(H2,21,23)(H,22,24)/t10-/m1/s1. The zero-order valence-corrected chi connectivity index (χ0v) is 14.9. The van der Waals surface area contributed by atoms with E-state index < -0.39 is 5.25 Å². The molecule has 2 rings (SSSR count). The third-order valence-corrected chi connectivity index (χ3v) is 4.80. The smallest absolute Gasteiger partial charge is 0.233 e. The number of halogens is 1. The van der Waals surface area contributed by atoms with E-state index in [0.29, 0.717) is 16.6 Å². The fourth-order valence-electron chi connectivity index (χ4n) is 1.96. The van der Waals surface area contributed by atoms with E-state index in [2.05, 4.69) is 10.3 Å². The molecule has 1 amide bonds. The third-order valence-electron chi connectivity index (χ3n) is 3.33.